The first-order chi connectivity index (χ1) is 7.42. The number of benzene rings is 1. The van der Waals surface area contributed by atoms with Gasteiger partial charge in [-0.15, -0.1) is 6.58 Å². The van der Waals surface area contributed by atoms with E-state index < -0.39 is 0 Å². The first kappa shape index (κ1) is 10.4. The molecule has 1 aliphatic rings. The molecule has 0 aromatic heterocycles. The lowest BCUT2D eigenvalue weighted by atomic mass is 10.0. The highest BCUT2D eigenvalue weighted by molar-refractivity contribution is 5.33. The quantitative estimate of drug-likeness (QED) is 0.550. The molecule has 0 amide bonds. The van der Waals surface area contributed by atoms with E-state index in [4.69, 9.17) is 0 Å². The van der Waals surface area contributed by atoms with Crippen molar-refractivity contribution in [2.45, 2.75) is 31.7 Å². The summed E-state index contributed by atoms with van der Waals surface area (Å²) in [6, 6.07) is 8.81. The molecule has 1 aromatic carbocycles. The largest absolute Gasteiger partial charge is 0.312 e. The average Bonchev–Trinajstić information content (AvgIpc) is 3.09. The molecule has 1 aliphatic carbocycles. The van der Waals surface area contributed by atoms with Crippen molar-refractivity contribution in [1.29, 1.82) is 0 Å². The summed E-state index contributed by atoms with van der Waals surface area (Å²) in [7, 11) is 0. The van der Waals surface area contributed by atoms with Gasteiger partial charge in [0, 0.05) is 6.54 Å². The summed E-state index contributed by atoms with van der Waals surface area (Å²) in [5, 5.41) is 3.45. The second-order valence-electron chi connectivity index (χ2n) is 4.23. The Hall–Kier alpha value is -1.08. The van der Waals surface area contributed by atoms with Gasteiger partial charge in [0.25, 0.3) is 0 Å². The zero-order valence-corrected chi connectivity index (χ0v) is 9.21. The van der Waals surface area contributed by atoms with Crippen molar-refractivity contribution in [2.75, 3.05) is 6.54 Å². The van der Waals surface area contributed by atoms with Crippen LogP contribution < -0.4 is 5.32 Å². The van der Waals surface area contributed by atoms with E-state index >= 15 is 0 Å². The Bertz CT molecular complexity index is 326. The Morgan fingerprint density at radius 1 is 1.33 bits per heavy atom. The lowest BCUT2D eigenvalue weighted by Crippen LogP contribution is -2.15. The van der Waals surface area contributed by atoms with Crippen LogP contribution in [-0.4, -0.2) is 6.54 Å². The Morgan fingerprint density at radius 2 is 2.13 bits per heavy atom. The van der Waals surface area contributed by atoms with Gasteiger partial charge >= 0.3 is 0 Å². The molecule has 0 atom stereocenters. The molecule has 15 heavy (non-hydrogen) atoms. The first-order valence-electron chi connectivity index (χ1n) is 5.81. The van der Waals surface area contributed by atoms with E-state index in [9.17, 15) is 0 Å². The second kappa shape index (κ2) is 5.13. The molecule has 1 nitrogen and oxygen atoms in total. The maximum absolute atomic E-state index is 3.72. The fourth-order valence-corrected chi connectivity index (χ4v) is 1.91. The maximum atomic E-state index is 3.72. The first-order valence-corrected chi connectivity index (χ1v) is 5.81. The fourth-order valence-electron chi connectivity index (χ4n) is 1.91. The minimum atomic E-state index is 0.849. The van der Waals surface area contributed by atoms with E-state index in [2.05, 4.69) is 36.2 Å². The summed E-state index contributed by atoms with van der Waals surface area (Å²) in [4.78, 5) is 0. The van der Waals surface area contributed by atoms with E-state index in [0.29, 0.717) is 0 Å². The lowest BCUT2D eigenvalue weighted by Gasteiger charge is -2.09. The van der Waals surface area contributed by atoms with Crippen molar-refractivity contribution in [3.05, 3.63) is 48.0 Å². The van der Waals surface area contributed by atoms with Crippen molar-refractivity contribution in [1.82, 2.24) is 5.32 Å². The van der Waals surface area contributed by atoms with Gasteiger partial charge in [-0.05, 0) is 42.9 Å². The Kier molecular flexibility index (Phi) is 3.57. The van der Waals surface area contributed by atoms with E-state index in [-0.39, 0.29) is 0 Å². The molecule has 0 bridgehead atoms. The molecular weight excluding hydrogens is 182 g/mol. The predicted molar refractivity (Wildman–Crippen MR) is 64.9 cm³/mol. The van der Waals surface area contributed by atoms with Gasteiger partial charge in [-0.2, -0.15) is 0 Å². The summed E-state index contributed by atoms with van der Waals surface area (Å²) < 4.78 is 0. The highest BCUT2D eigenvalue weighted by Gasteiger charge is 2.25. The molecule has 0 heterocycles. The smallest absolute Gasteiger partial charge is 0.0208 e. The average molecular weight is 201 g/mol. The molecule has 1 aromatic rings. The minimum Gasteiger partial charge on any atom is -0.312 e. The zero-order chi connectivity index (χ0) is 10.5. The van der Waals surface area contributed by atoms with Crippen molar-refractivity contribution in [3.63, 3.8) is 0 Å². The van der Waals surface area contributed by atoms with Crippen LogP contribution >= 0.6 is 0 Å². The van der Waals surface area contributed by atoms with Crippen molar-refractivity contribution < 1.29 is 0 Å². The molecule has 0 aliphatic heterocycles. The second-order valence-corrected chi connectivity index (χ2v) is 4.23. The highest BCUT2D eigenvalue weighted by Crippen LogP contribution is 2.41. The highest BCUT2D eigenvalue weighted by atomic mass is 14.8. The Labute approximate surface area is 92.2 Å². The summed E-state index contributed by atoms with van der Waals surface area (Å²) >= 11 is 0. The van der Waals surface area contributed by atoms with Crippen molar-refractivity contribution >= 4 is 0 Å². The minimum absolute atomic E-state index is 0.849. The lowest BCUT2D eigenvalue weighted by molar-refractivity contribution is 0.690. The number of hydrogen-bond donors (Lipinski definition) is 1. The Morgan fingerprint density at radius 3 is 2.87 bits per heavy atom. The standard InChI is InChI=1S/C14H19N/c1-2-3-10-15-11-13-6-4-5-7-14(13)12-8-9-12/h2,4-7,12,15H,1,3,8-11H2. The van der Waals surface area contributed by atoms with Gasteiger partial charge in [-0.1, -0.05) is 30.3 Å². The zero-order valence-electron chi connectivity index (χ0n) is 9.21. The number of hydrogen-bond acceptors (Lipinski definition) is 1. The van der Waals surface area contributed by atoms with E-state index in [1.165, 1.54) is 18.4 Å². The van der Waals surface area contributed by atoms with Gasteiger partial charge in [-0.3, -0.25) is 0 Å². The maximum Gasteiger partial charge on any atom is 0.0208 e. The van der Waals surface area contributed by atoms with Crippen LogP contribution in [0.5, 0.6) is 0 Å². The van der Waals surface area contributed by atoms with Crippen LogP contribution in [0.1, 0.15) is 36.3 Å². The fraction of sp³-hybridized carbons (Fsp3) is 0.429. The van der Waals surface area contributed by atoms with Crippen molar-refractivity contribution in [2.24, 2.45) is 0 Å². The third-order valence-corrected chi connectivity index (χ3v) is 2.91. The monoisotopic (exact) mass is 201 g/mol. The predicted octanol–water partition coefficient (Wildman–Crippen LogP) is 3.23. The molecule has 1 fully saturated rings. The third-order valence-electron chi connectivity index (χ3n) is 2.91. The summed E-state index contributed by atoms with van der Waals surface area (Å²) in [6.45, 7) is 5.75. The van der Waals surface area contributed by atoms with Crippen molar-refractivity contribution in [3.8, 4) is 0 Å². The molecule has 1 heteroatoms. The SMILES string of the molecule is C=CCCNCc1ccccc1C1CC1. The summed E-state index contributed by atoms with van der Waals surface area (Å²) in [5.74, 6) is 0.849. The van der Waals surface area contributed by atoms with E-state index in [1.54, 1.807) is 5.56 Å². The van der Waals surface area contributed by atoms with Gasteiger partial charge in [0.15, 0.2) is 0 Å². The van der Waals surface area contributed by atoms with E-state index in [0.717, 1.165) is 25.4 Å². The van der Waals surface area contributed by atoms with Gasteiger partial charge in [0.2, 0.25) is 0 Å². The van der Waals surface area contributed by atoms with Gasteiger partial charge in [-0.25, -0.2) is 0 Å². The topological polar surface area (TPSA) is 12.0 Å². The van der Waals surface area contributed by atoms with Crippen LogP contribution in [0.3, 0.4) is 0 Å². The molecule has 80 valence electrons. The Balaban J connectivity index is 1.91. The van der Waals surface area contributed by atoms with Crippen LogP contribution in [0.4, 0.5) is 0 Å². The number of rotatable bonds is 6. The van der Waals surface area contributed by atoms with Crippen LogP contribution in [0.25, 0.3) is 0 Å². The van der Waals surface area contributed by atoms with Crippen LogP contribution in [0.15, 0.2) is 36.9 Å². The molecular formula is C14H19N. The van der Waals surface area contributed by atoms with Gasteiger partial charge < -0.3 is 5.32 Å². The molecule has 0 radical (unpaired) electrons. The normalized spacial score (nSPS) is 15.2. The molecule has 0 unspecified atom stereocenters. The van der Waals surface area contributed by atoms with E-state index in [1.807, 2.05) is 6.08 Å². The van der Waals surface area contributed by atoms with Gasteiger partial charge in [0.05, 0.1) is 0 Å². The molecule has 1 saturated carbocycles. The molecule has 1 N–H and O–H groups in total. The molecule has 0 saturated heterocycles. The van der Waals surface area contributed by atoms with Gasteiger partial charge in [0.1, 0.15) is 0 Å². The summed E-state index contributed by atoms with van der Waals surface area (Å²) in [6.07, 6.45) is 5.76. The summed E-state index contributed by atoms with van der Waals surface area (Å²) in [5.41, 5.74) is 3.03. The van der Waals surface area contributed by atoms with Crippen LogP contribution in [0, 0.1) is 0 Å². The third kappa shape index (κ3) is 2.93. The molecule has 2 rings (SSSR count). The number of nitrogens with one attached hydrogen (secondary N) is 1. The van der Waals surface area contributed by atoms with Crippen LogP contribution in [-0.2, 0) is 6.54 Å². The molecule has 0 spiro atoms. The van der Waals surface area contributed by atoms with Crippen LogP contribution in [0.2, 0.25) is 0 Å².